The molecule has 1 aromatic carbocycles. The van der Waals surface area contributed by atoms with Crippen molar-refractivity contribution in [2.24, 2.45) is 0 Å². The van der Waals surface area contributed by atoms with Gasteiger partial charge in [0.1, 0.15) is 0 Å². The van der Waals surface area contributed by atoms with Crippen LogP contribution in [-0.2, 0) is 11.2 Å². The Kier molecular flexibility index (Phi) is 4.33. The van der Waals surface area contributed by atoms with E-state index in [9.17, 15) is 4.79 Å². The van der Waals surface area contributed by atoms with Crippen molar-refractivity contribution in [1.82, 2.24) is 0 Å². The molecule has 1 rings (SSSR count). The third kappa shape index (κ3) is 3.83. The van der Waals surface area contributed by atoms with Crippen molar-refractivity contribution in [1.29, 1.82) is 0 Å². The molecule has 0 heterocycles. The summed E-state index contributed by atoms with van der Waals surface area (Å²) in [4.78, 5) is 11.7. The molecule has 0 fully saturated rings. The molecule has 0 aromatic heterocycles. The van der Waals surface area contributed by atoms with Gasteiger partial charge >= 0.3 is 0 Å². The molecule has 0 N–H and O–H groups in total. The van der Waals surface area contributed by atoms with Crippen molar-refractivity contribution in [3.8, 4) is 0 Å². The summed E-state index contributed by atoms with van der Waals surface area (Å²) in [7, 11) is 0. The van der Waals surface area contributed by atoms with Crippen LogP contribution in [0.5, 0.6) is 0 Å². The summed E-state index contributed by atoms with van der Waals surface area (Å²) in [5.74, 6) is 0. The highest BCUT2D eigenvalue weighted by molar-refractivity contribution is 7.98. The zero-order valence-corrected chi connectivity index (χ0v) is 8.99. The third-order valence-electron chi connectivity index (χ3n) is 1.77. The van der Waals surface area contributed by atoms with Gasteiger partial charge in [-0.2, -0.15) is 0 Å². The average molecular weight is 215 g/mol. The van der Waals surface area contributed by atoms with Crippen LogP contribution in [0.1, 0.15) is 12.0 Å². The Hall–Kier alpha value is -0.470. The first-order valence-corrected chi connectivity index (χ1v) is 5.64. The van der Waals surface area contributed by atoms with Gasteiger partial charge < -0.3 is 0 Å². The molecule has 1 aromatic rings. The van der Waals surface area contributed by atoms with Crippen molar-refractivity contribution in [3.63, 3.8) is 0 Å². The second-order valence-corrected chi connectivity index (χ2v) is 4.00. The Morgan fingerprint density at radius 3 is 2.46 bits per heavy atom. The van der Waals surface area contributed by atoms with E-state index in [4.69, 9.17) is 11.6 Å². The van der Waals surface area contributed by atoms with Crippen molar-refractivity contribution in [2.45, 2.75) is 17.7 Å². The quantitative estimate of drug-likeness (QED) is 0.566. The number of hydrogen-bond donors (Lipinski definition) is 0. The van der Waals surface area contributed by atoms with Crippen molar-refractivity contribution < 1.29 is 4.79 Å². The number of aryl methyl sites for hydroxylation is 1. The zero-order chi connectivity index (χ0) is 9.68. The summed E-state index contributed by atoms with van der Waals surface area (Å²) in [6.07, 6.45) is 3.19. The van der Waals surface area contributed by atoms with Crippen LogP contribution in [0.2, 0.25) is 0 Å². The summed E-state index contributed by atoms with van der Waals surface area (Å²) in [5.41, 5.74) is 1.16. The fourth-order valence-electron chi connectivity index (χ4n) is 1.03. The minimum atomic E-state index is -0.269. The molecule has 13 heavy (non-hydrogen) atoms. The first-order valence-electron chi connectivity index (χ1n) is 4.03. The van der Waals surface area contributed by atoms with Crippen molar-refractivity contribution >= 4 is 28.6 Å². The Labute approximate surface area is 87.5 Å². The van der Waals surface area contributed by atoms with E-state index in [1.165, 1.54) is 4.90 Å². The van der Waals surface area contributed by atoms with Gasteiger partial charge in [-0.3, -0.25) is 4.79 Å². The monoisotopic (exact) mass is 214 g/mol. The zero-order valence-electron chi connectivity index (χ0n) is 7.42. The Bertz CT molecular complexity index is 281. The van der Waals surface area contributed by atoms with Crippen molar-refractivity contribution in [2.75, 3.05) is 6.26 Å². The van der Waals surface area contributed by atoms with Gasteiger partial charge in [0, 0.05) is 11.3 Å². The van der Waals surface area contributed by atoms with Crippen LogP contribution < -0.4 is 0 Å². The molecule has 0 amide bonds. The van der Waals surface area contributed by atoms with Gasteiger partial charge in [0.15, 0.2) is 0 Å². The molecular formula is C10H11ClOS. The van der Waals surface area contributed by atoms with Crippen LogP contribution in [0, 0.1) is 0 Å². The van der Waals surface area contributed by atoms with Crippen LogP contribution in [-0.4, -0.2) is 11.5 Å². The number of carbonyl (C=O) groups excluding carboxylic acids is 1. The fraction of sp³-hybridized carbons (Fsp3) is 0.300. The van der Waals surface area contributed by atoms with E-state index in [-0.39, 0.29) is 5.24 Å². The average Bonchev–Trinajstić information content (AvgIpc) is 2.15. The largest absolute Gasteiger partial charge is 0.281 e. The van der Waals surface area contributed by atoms with Gasteiger partial charge in [0.05, 0.1) is 0 Å². The lowest BCUT2D eigenvalue weighted by molar-refractivity contribution is -0.111. The molecule has 0 bridgehead atoms. The molecular weight excluding hydrogens is 204 g/mol. The summed E-state index contributed by atoms with van der Waals surface area (Å²) in [5, 5.41) is -0.269. The third-order valence-corrected chi connectivity index (χ3v) is 2.70. The fourth-order valence-corrected chi connectivity index (χ4v) is 1.54. The first-order chi connectivity index (χ1) is 6.22. The van der Waals surface area contributed by atoms with E-state index in [0.29, 0.717) is 6.42 Å². The summed E-state index contributed by atoms with van der Waals surface area (Å²) < 4.78 is 0. The minimum absolute atomic E-state index is 0.269. The van der Waals surface area contributed by atoms with E-state index in [1.54, 1.807) is 11.8 Å². The van der Waals surface area contributed by atoms with Crippen LogP contribution in [0.4, 0.5) is 0 Å². The van der Waals surface area contributed by atoms with E-state index in [1.807, 2.05) is 18.4 Å². The number of halogens is 1. The normalized spacial score (nSPS) is 10.0. The molecule has 0 unspecified atom stereocenters. The SMILES string of the molecule is CSc1ccc(CCC(=O)Cl)cc1. The number of carbonyl (C=O) groups is 1. The Morgan fingerprint density at radius 2 is 2.00 bits per heavy atom. The molecule has 0 aliphatic rings. The molecule has 3 heteroatoms. The van der Waals surface area contributed by atoms with Gasteiger partial charge in [-0.1, -0.05) is 12.1 Å². The highest BCUT2D eigenvalue weighted by Crippen LogP contribution is 2.15. The molecule has 0 saturated carbocycles. The molecule has 0 spiro atoms. The lowest BCUT2D eigenvalue weighted by Gasteiger charge is -1.99. The number of thioether (sulfide) groups is 1. The molecule has 0 aliphatic carbocycles. The topological polar surface area (TPSA) is 17.1 Å². The summed E-state index contributed by atoms with van der Waals surface area (Å²) >= 11 is 6.95. The van der Waals surface area contributed by atoms with Gasteiger partial charge in [-0.25, -0.2) is 0 Å². The number of benzene rings is 1. The molecule has 70 valence electrons. The van der Waals surface area contributed by atoms with E-state index in [2.05, 4.69) is 12.1 Å². The summed E-state index contributed by atoms with van der Waals surface area (Å²) in [6, 6.07) is 8.18. The summed E-state index contributed by atoms with van der Waals surface area (Å²) in [6.45, 7) is 0. The smallest absolute Gasteiger partial charge is 0.221 e. The molecule has 0 aliphatic heterocycles. The predicted molar refractivity (Wildman–Crippen MR) is 57.4 cm³/mol. The maximum absolute atomic E-state index is 10.5. The van der Waals surface area contributed by atoms with Crippen LogP contribution in [0.3, 0.4) is 0 Å². The lowest BCUT2D eigenvalue weighted by Crippen LogP contribution is -1.90. The maximum atomic E-state index is 10.5. The Morgan fingerprint density at radius 1 is 1.38 bits per heavy atom. The first kappa shape index (κ1) is 10.6. The van der Waals surface area contributed by atoms with E-state index < -0.39 is 0 Å². The second-order valence-electron chi connectivity index (χ2n) is 2.70. The second kappa shape index (κ2) is 5.30. The van der Waals surface area contributed by atoms with Gasteiger partial charge in [-0.15, -0.1) is 11.8 Å². The molecule has 0 radical (unpaired) electrons. The van der Waals surface area contributed by atoms with Gasteiger partial charge in [-0.05, 0) is 42.0 Å². The molecule has 0 saturated heterocycles. The maximum Gasteiger partial charge on any atom is 0.221 e. The number of rotatable bonds is 4. The lowest BCUT2D eigenvalue weighted by atomic mass is 10.1. The standard InChI is InChI=1S/C10H11ClOS/c1-13-9-5-2-8(3-6-9)4-7-10(11)12/h2-3,5-6H,4,7H2,1H3. The van der Waals surface area contributed by atoms with Gasteiger partial charge in [0.25, 0.3) is 0 Å². The Balaban J connectivity index is 2.54. The van der Waals surface area contributed by atoms with Crippen LogP contribution in [0.15, 0.2) is 29.2 Å². The number of hydrogen-bond acceptors (Lipinski definition) is 2. The van der Waals surface area contributed by atoms with E-state index >= 15 is 0 Å². The predicted octanol–water partition coefficient (Wildman–Crippen LogP) is 3.11. The molecule has 1 nitrogen and oxygen atoms in total. The van der Waals surface area contributed by atoms with Crippen molar-refractivity contribution in [3.05, 3.63) is 29.8 Å². The van der Waals surface area contributed by atoms with Crippen LogP contribution in [0.25, 0.3) is 0 Å². The van der Waals surface area contributed by atoms with Crippen LogP contribution >= 0.6 is 23.4 Å². The van der Waals surface area contributed by atoms with E-state index in [0.717, 1.165) is 12.0 Å². The molecule has 0 atom stereocenters. The van der Waals surface area contributed by atoms with Gasteiger partial charge in [0.2, 0.25) is 5.24 Å². The highest BCUT2D eigenvalue weighted by Gasteiger charge is 1.98. The highest BCUT2D eigenvalue weighted by atomic mass is 35.5. The minimum Gasteiger partial charge on any atom is -0.281 e.